The molecule has 0 saturated heterocycles. The average Bonchev–Trinajstić information content (AvgIpc) is 2.75. The van der Waals surface area contributed by atoms with E-state index in [0.29, 0.717) is 6.61 Å². The largest absolute Gasteiger partial charge is 0.488 e. The summed E-state index contributed by atoms with van der Waals surface area (Å²) in [6.07, 6.45) is 2.61. The summed E-state index contributed by atoms with van der Waals surface area (Å²) in [5.41, 5.74) is 7.59. The number of hydrogen-bond acceptors (Lipinski definition) is 3. The Balaban J connectivity index is 2.10. The van der Waals surface area contributed by atoms with Gasteiger partial charge in [-0.1, -0.05) is 6.08 Å². The molecule has 2 N–H and O–H groups in total. The fourth-order valence-corrected chi connectivity index (χ4v) is 3.00. The van der Waals surface area contributed by atoms with Crippen molar-refractivity contribution in [1.29, 1.82) is 0 Å². The van der Waals surface area contributed by atoms with Crippen molar-refractivity contribution in [2.45, 2.75) is 13.0 Å². The van der Waals surface area contributed by atoms with Gasteiger partial charge in [0.25, 0.3) is 0 Å². The molecule has 0 bridgehead atoms. The van der Waals surface area contributed by atoms with E-state index in [1.807, 2.05) is 29.7 Å². The third-order valence-electron chi connectivity index (χ3n) is 2.44. The molecule has 2 rings (SSSR count). The van der Waals surface area contributed by atoms with E-state index < -0.39 is 0 Å². The summed E-state index contributed by atoms with van der Waals surface area (Å²) in [4.78, 5) is 1.18. The second-order valence-corrected chi connectivity index (χ2v) is 5.79. The van der Waals surface area contributed by atoms with Crippen molar-refractivity contribution in [2.75, 3.05) is 5.73 Å². The third kappa shape index (κ3) is 3.37. The minimum absolute atomic E-state index is 0.574. The molecule has 18 heavy (non-hydrogen) atoms. The molecule has 1 aromatic carbocycles. The van der Waals surface area contributed by atoms with E-state index >= 15 is 0 Å². The van der Waals surface area contributed by atoms with Crippen molar-refractivity contribution in [3.8, 4) is 5.75 Å². The molecule has 0 spiro atoms. The van der Waals surface area contributed by atoms with Gasteiger partial charge < -0.3 is 10.5 Å². The van der Waals surface area contributed by atoms with Gasteiger partial charge in [0.2, 0.25) is 0 Å². The van der Waals surface area contributed by atoms with E-state index in [-0.39, 0.29) is 0 Å². The molecule has 2 nitrogen and oxygen atoms in total. The summed E-state index contributed by atoms with van der Waals surface area (Å²) in [6, 6.07) is 7.76. The van der Waals surface area contributed by atoms with E-state index in [1.54, 1.807) is 11.3 Å². The molecule has 4 heteroatoms. The number of nitrogen functional groups attached to an aromatic ring is 1. The van der Waals surface area contributed by atoms with Crippen LogP contribution in [0.4, 0.5) is 5.69 Å². The van der Waals surface area contributed by atoms with E-state index in [1.165, 1.54) is 4.88 Å². The minimum atomic E-state index is 0.574. The molecule has 0 radical (unpaired) electrons. The third-order valence-corrected chi connectivity index (χ3v) is 4.11. The molecule has 0 aliphatic heterocycles. The molecule has 0 saturated carbocycles. The lowest BCUT2D eigenvalue weighted by Crippen LogP contribution is -1.98. The van der Waals surface area contributed by atoms with Gasteiger partial charge in [0, 0.05) is 20.4 Å². The van der Waals surface area contributed by atoms with E-state index in [4.69, 9.17) is 10.5 Å². The number of nitrogens with two attached hydrogens (primary N) is 1. The smallest absolute Gasteiger partial charge is 0.123 e. The first-order chi connectivity index (χ1) is 8.69. The molecule has 94 valence electrons. The lowest BCUT2D eigenvalue weighted by molar-refractivity contribution is 0.307. The van der Waals surface area contributed by atoms with Crippen molar-refractivity contribution in [1.82, 2.24) is 0 Å². The van der Waals surface area contributed by atoms with Gasteiger partial charge in [-0.3, -0.25) is 0 Å². The number of benzene rings is 1. The second-order valence-electron chi connectivity index (χ2n) is 3.88. The highest BCUT2D eigenvalue weighted by Crippen LogP contribution is 2.25. The Morgan fingerprint density at radius 3 is 2.89 bits per heavy atom. The van der Waals surface area contributed by atoms with Crippen LogP contribution in [-0.4, -0.2) is 0 Å². The number of halogens is 1. The molecule has 0 unspecified atom stereocenters. The molecule has 2 aromatic rings. The van der Waals surface area contributed by atoms with Crippen LogP contribution in [0.3, 0.4) is 0 Å². The summed E-state index contributed by atoms with van der Waals surface area (Å²) >= 11 is 5.11. The van der Waals surface area contributed by atoms with Gasteiger partial charge in [0.15, 0.2) is 0 Å². The number of allylic oxidation sites excluding steroid dienone is 1. The Kier molecular flexibility index (Phi) is 4.44. The molecule has 0 atom stereocenters. The number of rotatable bonds is 5. The molecule has 0 fully saturated rings. The summed E-state index contributed by atoms with van der Waals surface area (Å²) < 4.78 is 6.92. The Bertz CT molecular complexity index is 550. The first-order valence-corrected chi connectivity index (χ1v) is 7.21. The van der Waals surface area contributed by atoms with Gasteiger partial charge in [-0.05, 0) is 52.2 Å². The monoisotopic (exact) mass is 323 g/mol. The maximum atomic E-state index is 5.83. The van der Waals surface area contributed by atoms with Gasteiger partial charge in [-0.15, -0.1) is 17.9 Å². The van der Waals surface area contributed by atoms with Gasteiger partial charge in [-0.25, -0.2) is 0 Å². The molecular weight excluding hydrogens is 310 g/mol. The van der Waals surface area contributed by atoms with Crippen molar-refractivity contribution >= 4 is 33.0 Å². The molecule has 0 aliphatic rings. The van der Waals surface area contributed by atoms with Crippen LogP contribution < -0.4 is 10.5 Å². The average molecular weight is 324 g/mol. The Hall–Kier alpha value is -1.26. The SMILES string of the molecule is C=CCc1cc(N)ccc1OCc1cc(Br)cs1. The zero-order valence-corrected chi connectivity index (χ0v) is 12.3. The number of ether oxygens (including phenoxy) is 1. The first kappa shape index (κ1) is 13.2. The van der Waals surface area contributed by atoms with Crippen LogP contribution in [0.2, 0.25) is 0 Å². The normalized spacial score (nSPS) is 10.3. The maximum absolute atomic E-state index is 5.83. The predicted octanol–water partition coefficient (Wildman–Crippen LogP) is 4.40. The van der Waals surface area contributed by atoms with Gasteiger partial charge in [0.05, 0.1) is 0 Å². The molecule has 1 aromatic heterocycles. The van der Waals surface area contributed by atoms with Crippen molar-refractivity contribution in [3.63, 3.8) is 0 Å². The Morgan fingerprint density at radius 1 is 1.39 bits per heavy atom. The minimum Gasteiger partial charge on any atom is -0.488 e. The summed E-state index contributed by atoms with van der Waals surface area (Å²) in [5.74, 6) is 0.869. The highest BCUT2D eigenvalue weighted by molar-refractivity contribution is 9.10. The zero-order chi connectivity index (χ0) is 13.0. The van der Waals surface area contributed by atoms with Crippen molar-refractivity contribution in [3.05, 3.63) is 57.2 Å². The van der Waals surface area contributed by atoms with Crippen molar-refractivity contribution < 1.29 is 4.74 Å². The van der Waals surface area contributed by atoms with Gasteiger partial charge in [-0.2, -0.15) is 0 Å². The van der Waals surface area contributed by atoms with Gasteiger partial charge >= 0.3 is 0 Å². The molecule has 0 amide bonds. The van der Waals surface area contributed by atoms with Crippen molar-refractivity contribution in [2.24, 2.45) is 0 Å². The lowest BCUT2D eigenvalue weighted by atomic mass is 10.1. The highest BCUT2D eigenvalue weighted by Gasteiger charge is 2.05. The van der Waals surface area contributed by atoms with Crippen LogP contribution in [0.15, 0.2) is 46.8 Å². The number of anilines is 1. The van der Waals surface area contributed by atoms with E-state index in [2.05, 4.69) is 28.6 Å². The van der Waals surface area contributed by atoms with Crippen LogP contribution >= 0.6 is 27.3 Å². The van der Waals surface area contributed by atoms with Gasteiger partial charge in [0.1, 0.15) is 12.4 Å². The highest BCUT2D eigenvalue weighted by atomic mass is 79.9. The quantitative estimate of drug-likeness (QED) is 0.653. The first-order valence-electron chi connectivity index (χ1n) is 5.54. The predicted molar refractivity (Wildman–Crippen MR) is 81.1 cm³/mol. The zero-order valence-electron chi connectivity index (χ0n) is 9.86. The lowest BCUT2D eigenvalue weighted by Gasteiger charge is -2.10. The maximum Gasteiger partial charge on any atom is 0.123 e. The fourth-order valence-electron chi connectivity index (χ4n) is 1.63. The molecular formula is C14H14BrNOS. The Labute approximate surface area is 119 Å². The summed E-state index contributed by atoms with van der Waals surface area (Å²) in [5, 5.41) is 2.05. The van der Waals surface area contributed by atoms with Crippen LogP contribution in [0.1, 0.15) is 10.4 Å². The topological polar surface area (TPSA) is 35.2 Å². The number of hydrogen-bond donors (Lipinski definition) is 1. The molecule has 0 aliphatic carbocycles. The summed E-state index contributed by atoms with van der Waals surface area (Å²) in [7, 11) is 0. The standard InChI is InChI=1S/C14H14BrNOS/c1-2-3-10-6-12(16)4-5-14(10)17-8-13-7-11(15)9-18-13/h2,4-7,9H,1,3,8,16H2. The van der Waals surface area contributed by atoms with Crippen LogP contribution in [-0.2, 0) is 13.0 Å². The summed E-state index contributed by atoms with van der Waals surface area (Å²) in [6.45, 7) is 4.32. The van der Waals surface area contributed by atoms with E-state index in [9.17, 15) is 0 Å². The van der Waals surface area contributed by atoms with Crippen LogP contribution in [0, 0.1) is 0 Å². The van der Waals surface area contributed by atoms with Crippen LogP contribution in [0.25, 0.3) is 0 Å². The van der Waals surface area contributed by atoms with E-state index in [0.717, 1.165) is 27.9 Å². The molecule has 1 heterocycles. The van der Waals surface area contributed by atoms with Crippen LogP contribution in [0.5, 0.6) is 5.75 Å². The number of thiophene rings is 1. The fraction of sp³-hybridized carbons (Fsp3) is 0.143. The second kappa shape index (κ2) is 6.07. The Morgan fingerprint density at radius 2 is 2.22 bits per heavy atom.